The van der Waals surface area contributed by atoms with Crippen LogP contribution in [0.4, 0.5) is 0 Å². The van der Waals surface area contributed by atoms with Crippen LogP contribution in [0.3, 0.4) is 0 Å². The van der Waals surface area contributed by atoms with Crippen molar-refractivity contribution < 1.29 is 17.9 Å². The van der Waals surface area contributed by atoms with Crippen LogP contribution in [0.15, 0.2) is 0 Å². The van der Waals surface area contributed by atoms with Crippen molar-refractivity contribution in [1.82, 2.24) is 4.31 Å². The van der Waals surface area contributed by atoms with Gasteiger partial charge in [-0.1, -0.05) is 6.42 Å². The van der Waals surface area contributed by atoms with Gasteiger partial charge in [0.15, 0.2) is 0 Å². The zero-order chi connectivity index (χ0) is 13.9. The predicted octanol–water partition coefficient (Wildman–Crippen LogP) is 1.19. The summed E-state index contributed by atoms with van der Waals surface area (Å²) in [5.41, 5.74) is 0. The van der Waals surface area contributed by atoms with Gasteiger partial charge in [-0.2, -0.15) is 4.31 Å². The van der Waals surface area contributed by atoms with Crippen LogP contribution < -0.4 is 0 Å². The van der Waals surface area contributed by atoms with Gasteiger partial charge in [-0.15, -0.1) is 0 Å². The molecule has 5 nitrogen and oxygen atoms in total. The van der Waals surface area contributed by atoms with E-state index in [1.807, 2.05) is 0 Å². The van der Waals surface area contributed by atoms with Crippen LogP contribution in [0.1, 0.15) is 38.5 Å². The molecule has 0 bridgehead atoms. The third kappa shape index (κ3) is 3.35. The largest absolute Gasteiger partial charge is 0.384 e. The van der Waals surface area contributed by atoms with E-state index in [-0.39, 0.29) is 30.1 Å². The number of Topliss-reactive ketones (excluding diaryl/α,β-unsaturated/α-hetero) is 1. The second kappa shape index (κ2) is 6.33. The monoisotopic (exact) mass is 289 g/mol. The lowest BCUT2D eigenvalue weighted by Gasteiger charge is -2.32. The van der Waals surface area contributed by atoms with E-state index < -0.39 is 10.0 Å². The number of methoxy groups -OCH3 is 1. The summed E-state index contributed by atoms with van der Waals surface area (Å²) >= 11 is 0. The predicted molar refractivity (Wildman–Crippen MR) is 72.4 cm³/mol. The number of rotatable bonds is 5. The Morgan fingerprint density at radius 1 is 1.26 bits per heavy atom. The quantitative estimate of drug-likeness (QED) is 0.762. The maximum Gasteiger partial charge on any atom is 0.216 e. The van der Waals surface area contributed by atoms with Gasteiger partial charge in [0.2, 0.25) is 10.0 Å². The molecule has 1 heterocycles. The van der Waals surface area contributed by atoms with Crippen LogP contribution in [-0.2, 0) is 19.6 Å². The molecule has 0 aromatic carbocycles. The van der Waals surface area contributed by atoms with Gasteiger partial charge < -0.3 is 4.74 Å². The molecule has 2 atom stereocenters. The van der Waals surface area contributed by atoms with Crippen LogP contribution >= 0.6 is 0 Å². The maximum absolute atomic E-state index is 12.3. The highest BCUT2D eigenvalue weighted by molar-refractivity contribution is 7.89. The third-order valence-electron chi connectivity index (χ3n) is 4.22. The lowest BCUT2D eigenvalue weighted by atomic mass is 9.82. The number of ketones is 1. The van der Waals surface area contributed by atoms with Gasteiger partial charge >= 0.3 is 0 Å². The molecule has 0 amide bonds. The number of hydrogen-bond donors (Lipinski definition) is 0. The van der Waals surface area contributed by atoms with E-state index >= 15 is 0 Å². The fraction of sp³-hybridized carbons (Fsp3) is 0.923. The summed E-state index contributed by atoms with van der Waals surface area (Å²) in [6.45, 7) is 0.769. The maximum atomic E-state index is 12.3. The summed E-state index contributed by atoms with van der Waals surface area (Å²) in [6, 6.07) is -0.102. The Labute approximate surface area is 115 Å². The van der Waals surface area contributed by atoms with E-state index in [1.54, 1.807) is 4.31 Å². The zero-order valence-corrected chi connectivity index (χ0v) is 12.3. The van der Waals surface area contributed by atoms with Crippen molar-refractivity contribution >= 4 is 15.8 Å². The van der Waals surface area contributed by atoms with Gasteiger partial charge in [-0.05, 0) is 25.7 Å². The van der Waals surface area contributed by atoms with Gasteiger partial charge in [0, 0.05) is 32.0 Å². The molecule has 0 aromatic heterocycles. The van der Waals surface area contributed by atoms with E-state index in [1.165, 1.54) is 7.11 Å². The van der Waals surface area contributed by atoms with Crippen molar-refractivity contribution in [2.75, 3.05) is 26.0 Å². The highest BCUT2D eigenvalue weighted by atomic mass is 32.2. The lowest BCUT2D eigenvalue weighted by molar-refractivity contribution is -0.126. The van der Waals surface area contributed by atoms with E-state index in [0.717, 1.165) is 32.1 Å². The SMILES string of the molecule is COCCS(=O)(=O)N1CCCC1C1CCCCC1=O. The van der Waals surface area contributed by atoms with E-state index in [2.05, 4.69) is 0 Å². The third-order valence-corrected chi connectivity index (χ3v) is 6.07. The Hall–Kier alpha value is -0.460. The Morgan fingerprint density at radius 3 is 2.74 bits per heavy atom. The van der Waals surface area contributed by atoms with Gasteiger partial charge in [0.05, 0.1) is 12.4 Å². The molecule has 0 spiro atoms. The molecule has 0 N–H and O–H groups in total. The Bertz CT molecular complexity index is 420. The van der Waals surface area contributed by atoms with Crippen LogP contribution in [-0.4, -0.2) is 50.6 Å². The van der Waals surface area contributed by atoms with Gasteiger partial charge in [-0.3, -0.25) is 4.79 Å². The minimum absolute atomic E-state index is 0.0148. The standard InChI is InChI=1S/C13H23NO4S/c1-18-9-10-19(16,17)14-8-4-6-12(14)11-5-2-3-7-13(11)15/h11-12H,2-10H2,1H3. The summed E-state index contributed by atoms with van der Waals surface area (Å²) in [7, 11) is -1.79. The topological polar surface area (TPSA) is 63.7 Å². The molecule has 2 rings (SSSR count). The summed E-state index contributed by atoms with van der Waals surface area (Å²) < 4.78 is 31.0. The molecule has 1 aliphatic heterocycles. The Kier molecular flexibility index (Phi) is 4.97. The first-order valence-electron chi connectivity index (χ1n) is 7.07. The van der Waals surface area contributed by atoms with Crippen LogP contribution in [0.25, 0.3) is 0 Å². The molecule has 0 aromatic rings. The zero-order valence-electron chi connectivity index (χ0n) is 11.5. The highest BCUT2D eigenvalue weighted by Crippen LogP contribution is 2.33. The van der Waals surface area contributed by atoms with Crippen LogP contribution in [0.2, 0.25) is 0 Å². The van der Waals surface area contributed by atoms with E-state index in [9.17, 15) is 13.2 Å². The number of ether oxygens (including phenoxy) is 1. The van der Waals surface area contributed by atoms with Gasteiger partial charge in [0.25, 0.3) is 0 Å². The highest BCUT2D eigenvalue weighted by Gasteiger charge is 2.41. The summed E-state index contributed by atoms with van der Waals surface area (Å²) in [5.74, 6) is 0.194. The Morgan fingerprint density at radius 2 is 2.05 bits per heavy atom. The smallest absolute Gasteiger partial charge is 0.216 e. The normalized spacial score (nSPS) is 29.8. The molecule has 2 fully saturated rings. The molecule has 1 saturated heterocycles. The molecule has 19 heavy (non-hydrogen) atoms. The molecule has 1 saturated carbocycles. The molecule has 2 unspecified atom stereocenters. The summed E-state index contributed by atoms with van der Waals surface area (Å²) in [6.07, 6.45) is 5.15. The minimum atomic E-state index is -3.29. The number of carbonyl (C=O) groups is 1. The first-order chi connectivity index (χ1) is 9.06. The average Bonchev–Trinajstić information content (AvgIpc) is 2.87. The van der Waals surface area contributed by atoms with Crippen molar-refractivity contribution in [3.8, 4) is 0 Å². The first kappa shape index (κ1) is 14.9. The van der Waals surface area contributed by atoms with Crippen molar-refractivity contribution in [3.05, 3.63) is 0 Å². The average molecular weight is 289 g/mol. The van der Waals surface area contributed by atoms with Crippen molar-refractivity contribution in [2.45, 2.75) is 44.6 Å². The van der Waals surface area contributed by atoms with Gasteiger partial charge in [0.1, 0.15) is 5.78 Å². The number of nitrogens with zero attached hydrogens (tertiary/aromatic N) is 1. The van der Waals surface area contributed by atoms with E-state index in [0.29, 0.717) is 13.0 Å². The number of hydrogen-bond acceptors (Lipinski definition) is 4. The Balaban J connectivity index is 2.09. The fourth-order valence-corrected chi connectivity index (χ4v) is 4.92. The van der Waals surface area contributed by atoms with E-state index in [4.69, 9.17) is 4.74 Å². The molecule has 110 valence electrons. The summed E-state index contributed by atoms with van der Waals surface area (Å²) in [5, 5.41) is 0. The molecular weight excluding hydrogens is 266 g/mol. The summed E-state index contributed by atoms with van der Waals surface area (Å²) in [4.78, 5) is 12.0. The molecule has 6 heteroatoms. The second-order valence-electron chi connectivity index (χ2n) is 5.45. The molecular formula is C13H23NO4S. The van der Waals surface area contributed by atoms with Crippen molar-refractivity contribution in [1.29, 1.82) is 0 Å². The number of sulfonamides is 1. The number of carbonyl (C=O) groups excluding carboxylic acids is 1. The van der Waals surface area contributed by atoms with Gasteiger partial charge in [-0.25, -0.2) is 8.42 Å². The molecule has 0 radical (unpaired) electrons. The van der Waals surface area contributed by atoms with Crippen LogP contribution in [0.5, 0.6) is 0 Å². The second-order valence-corrected chi connectivity index (χ2v) is 7.49. The molecule has 1 aliphatic carbocycles. The lowest BCUT2D eigenvalue weighted by Crippen LogP contribution is -2.45. The first-order valence-corrected chi connectivity index (χ1v) is 8.68. The minimum Gasteiger partial charge on any atom is -0.384 e. The van der Waals surface area contributed by atoms with Crippen molar-refractivity contribution in [3.63, 3.8) is 0 Å². The van der Waals surface area contributed by atoms with Crippen molar-refractivity contribution in [2.24, 2.45) is 5.92 Å². The molecule has 2 aliphatic rings. The fourth-order valence-electron chi connectivity index (χ4n) is 3.24. The van der Waals surface area contributed by atoms with Crippen LogP contribution in [0, 0.1) is 5.92 Å².